The first-order valence-corrected chi connectivity index (χ1v) is 25.2. The van der Waals surface area contributed by atoms with Gasteiger partial charge in [0.2, 0.25) is 0 Å². The molecule has 0 fully saturated rings. The Balaban J connectivity index is 1.45. The van der Waals surface area contributed by atoms with Gasteiger partial charge in [-0.3, -0.25) is 0 Å². The van der Waals surface area contributed by atoms with Crippen LogP contribution < -0.4 is 18.4 Å². The van der Waals surface area contributed by atoms with E-state index in [0.717, 1.165) is 74.6 Å². The SMILES string of the molecule is CCCCC(CC)Cc1ccccc1C(=O)Nc1ccc(F)[c]([Ti]([C]2=CC=CC2)([C]2=CC=CC2)[c]2c(F)ccc(NC(=O)c3ccccc3CC(CC)CCCC)c2F)c1F. The molecule has 0 saturated heterocycles. The molecule has 6 rings (SSSR count). The van der Waals surface area contributed by atoms with Crippen molar-refractivity contribution in [1.29, 1.82) is 0 Å². The van der Waals surface area contributed by atoms with Crippen LogP contribution in [0.15, 0.2) is 117 Å². The molecule has 2 unspecified atom stereocenters. The zero-order valence-corrected chi connectivity index (χ0v) is 37.4. The summed E-state index contributed by atoms with van der Waals surface area (Å²) in [5.41, 5.74) is 1.86. The number of hydrogen-bond donors (Lipinski definition) is 2. The number of anilines is 2. The van der Waals surface area contributed by atoms with E-state index in [9.17, 15) is 9.59 Å². The van der Waals surface area contributed by atoms with Crippen LogP contribution in [0, 0.1) is 35.1 Å². The van der Waals surface area contributed by atoms with Gasteiger partial charge in [-0.25, -0.2) is 0 Å². The van der Waals surface area contributed by atoms with E-state index in [2.05, 4.69) is 38.3 Å². The molecule has 0 bridgehead atoms. The number of hydrogen-bond acceptors (Lipinski definition) is 2. The van der Waals surface area contributed by atoms with Crippen LogP contribution in [0.5, 0.6) is 0 Å². The second-order valence-electron chi connectivity index (χ2n) is 16.4. The summed E-state index contributed by atoms with van der Waals surface area (Å²) in [7, 11) is 0. The molecule has 0 radical (unpaired) electrons. The molecule has 4 aromatic carbocycles. The summed E-state index contributed by atoms with van der Waals surface area (Å²) in [6.07, 6.45) is 20.5. The molecule has 2 aliphatic carbocycles. The van der Waals surface area contributed by atoms with Gasteiger partial charge in [0, 0.05) is 0 Å². The van der Waals surface area contributed by atoms with Gasteiger partial charge in [-0.05, 0) is 0 Å². The first-order valence-electron chi connectivity index (χ1n) is 22.1. The second kappa shape index (κ2) is 21.3. The fourth-order valence-corrected chi connectivity index (χ4v) is 17.4. The summed E-state index contributed by atoms with van der Waals surface area (Å²) in [6.45, 7) is 8.56. The molecule has 4 aromatic rings. The summed E-state index contributed by atoms with van der Waals surface area (Å²) in [5, 5.41) is 5.45. The molecule has 2 atom stereocenters. The number of rotatable bonds is 20. The number of unbranched alkanes of at least 4 members (excludes halogenated alkanes) is 2. The molecule has 0 spiro atoms. The summed E-state index contributed by atoms with van der Waals surface area (Å²) in [6, 6.07) is 19.0. The molecular formula is C52H58F4N2O2Ti. The molecule has 2 amide bonds. The minimum atomic E-state index is -5.31. The van der Waals surface area contributed by atoms with E-state index in [1.807, 2.05) is 36.4 Å². The van der Waals surface area contributed by atoms with Gasteiger partial charge >= 0.3 is 351 Å². The Bertz CT molecular complexity index is 2180. The number of benzene rings is 4. The van der Waals surface area contributed by atoms with Crippen LogP contribution in [0.2, 0.25) is 0 Å². The Morgan fingerprint density at radius 1 is 0.590 bits per heavy atom. The number of amides is 2. The van der Waals surface area contributed by atoms with Crippen molar-refractivity contribution in [2.24, 2.45) is 11.8 Å². The van der Waals surface area contributed by atoms with Gasteiger partial charge in [-0.1, -0.05) is 13.8 Å². The third-order valence-corrected chi connectivity index (χ3v) is 20.5. The van der Waals surface area contributed by atoms with Crippen molar-refractivity contribution in [3.8, 4) is 0 Å². The molecule has 9 heteroatoms. The Morgan fingerprint density at radius 3 is 1.36 bits per heavy atom. The van der Waals surface area contributed by atoms with Gasteiger partial charge in [0.15, 0.2) is 0 Å². The predicted octanol–water partition coefficient (Wildman–Crippen LogP) is 13.1. The van der Waals surface area contributed by atoms with Crippen molar-refractivity contribution in [2.75, 3.05) is 10.6 Å². The van der Waals surface area contributed by atoms with Gasteiger partial charge in [-0.15, -0.1) is 0 Å². The average Bonchev–Trinajstić information content (AvgIpc) is 4.02. The second-order valence-corrected chi connectivity index (χ2v) is 22.3. The molecule has 0 heterocycles. The summed E-state index contributed by atoms with van der Waals surface area (Å²) in [4.78, 5) is 28.1. The summed E-state index contributed by atoms with van der Waals surface area (Å²) < 4.78 is 69.1. The standard InChI is InChI=1S/2C21H24F2NO.2C5H5.Ti/c2*1-3-5-8-15(4-2)13-16-9-6-7-10-18(16)21(25)24-20-12-11-17(22)14-19(20)23;2*1-2-4-5-3-1;/h2*6-7,9-12,15H,3-5,8,13H2,1-2H3,(H,24,25);2*1-3H,4H2;. The Morgan fingerprint density at radius 2 is 1.00 bits per heavy atom. The Kier molecular flexibility index (Phi) is 16.0. The fourth-order valence-electron chi connectivity index (χ4n) is 9.14. The molecule has 0 aromatic heterocycles. The zero-order valence-electron chi connectivity index (χ0n) is 35.9. The third kappa shape index (κ3) is 9.97. The van der Waals surface area contributed by atoms with Crippen molar-refractivity contribution in [3.63, 3.8) is 0 Å². The van der Waals surface area contributed by atoms with E-state index in [0.29, 0.717) is 43.6 Å². The van der Waals surface area contributed by atoms with E-state index in [4.69, 9.17) is 0 Å². The van der Waals surface area contributed by atoms with Crippen molar-refractivity contribution in [3.05, 3.63) is 163 Å². The summed E-state index contributed by atoms with van der Waals surface area (Å²) in [5.74, 6) is -4.46. The molecule has 2 aliphatic rings. The van der Waals surface area contributed by atoms with Crippen LogP contribution in [0.25, 0.3) is 0 Å². The maximum absolute atomic E-state index is 17.6. The summed E-state index contributed by atoms with van der Waals surface area (Å²) >= 11 is -5.31. The Hall–Kier alpha value is -4.79. The first-order chi connectivity index (χ1) is 29.6. The van der Waals surface area contributed by atoms with E-state index in [1.54, 1.807) is 48.6 Å². The van der Waals surface area contributed by atoms with Crippen LogP contribution in [0.4, 0.5) is 28.9 Å². The van der Waals surface area contributed by atoms with Gasteiger partial charge in [0.25, 0.3) is 0 Å². The average molecular weight is 867 g/mol. The fraction of sp³-hybridized carbons (Fsp3) is 0.346. The van der Waals surface area contributed by atoms with E-state index < -0.39 is 59.4 Å². The minimum absolute atomic E-state index is 0.219. The molecule has 0 saturated carbocycles. The van der Waals surface area contributed by atoms with Crippen molar-refractivity contribution in [1.82, 2.24) is 0 Å². The van der Waals surface area contributed by atoms with Crippen molar-refractivity contribution in [2.45, 2.75) is 105 Å². The molecular weight excluding hydrogens is 808 g/mol. The van der Waals surface area contributed by atoms with Gasteiger partial charge in [0.1, 0.15) is 0 Å². The topological polar surface area (TPSA) is 58.2 Å². The van der Waals surface area contributed by atoms with Gasteiger partial charge in [-0.2, -0.15) is 0 Å². The van der Waals surface area contributed by atoms with E-state index in [1.165, 1.54) is 12.1 Å². The molecule has 0 aliphatic heterocycles. The van der Waals surface area contributed by atoms with Crippen LogP contribution in [-0.2, 0) is 29.4 Å². The number of nitrogens with one attached hydrogen (secondary N) is 2. The van der Waals surface area contributed by atoms with Crippen LogP contribution in [0.1, 0.15) is 124 Å². The maximum atomic E-state index is 17.6. The Labute approximate surface area is 362 Å². The normalized spacial score (nSPS) is 14.5. The number of carbonyl (C=O) groups is 2. The monoisotopic (exact) mass is 866 g/mol. The van der Waals surface area contributed by atoms with Crippen molar-refractivity contribution < 1.29 is 43.7 Å². The molecule has 61 heavy (non-hydrogen) atoms. The number of allylic oxidation sites excluding steroid dienone is 8. The van der Waals surface area contributed by atoms with Gasteiger partial charge in [0.05, 0.1) is 0 Å². The van der Waals surface area contributed by atoms with Crippen LogP contribution in [-0.4, -0.2) is 11.8 Å². The third-order valence-electron chi connectivity index (χ3n) is 12.6. The number of halogens is 4. The van der Waals surface area contributed by atoms with Crippen LogP contribution in [0.3, 0.4) is 0 Å². The quantitative estimate of drug-likeness (QED) is 0.0687. The van der Waals surface area contributed by atoms with Gasteiger partial charge < -0.3 is 0 Å². The molecule has 320 valence electrons. The number of carbonyl (C=O) groups excluding carboxylic acids is 2. The zero-order chi connectivity index (χ0) is 43.5. The molecule has 4 nitrogen and oxygen atoms in total. The van der Waals surface area contributed by atoms with Crippen molar-refractivity contribution >= 4 is 30.9 Å². The van der Waals surface area contributed by atoms with E-state index >= 15 is 17.6 Å². The van der Waals surface area contributed by atoms with Crippen LogP contribution >= 0.6 is 0 Å². The predicted molar refractivity (Wildman–Crippen MR) is 238 cm³/mol. The molecule has 2 N–H and O–H groups in total. The first kappa shape index (κ1) is 45.7. The van der Waals surface area contributed by atoms with E-state index in [-0.39, 0.29) is 24.2 Å².